The van der Waals surface area contributed by atoms with Crippen LogP contribution in [0.4, 0.5) is 4.39 Å². The van der Waals surface area contributed by atoms with Gasteiger partial charge in [-0.15, -0.1) is 0 Å². The van der Waals surface area contributed by atoms with Gasteiger partial charge in [0.15, 0.2) is 0 Å². The molecule has 0 saturated carbocycles. The molecule has 2 saturated heterocycles. The standard InChI is InChI=1S/C21H29FN2O3/c1-27-15-5-12-24-16-21(9-8-18(24)25)10-13-23(14-11-21)20(26)19(22)17-6-3-2-4-7-17/h2-4,6-7,19H,5,8-16H2,1H3/t19-/m0/s1. The van der Waals surface area contributed by atoms with E-state index >= 15 is 0 Å². The third-order valence-electron chi connectivity index (χ3n) is 5.97. The minimum absolute atomic E-state index is 0.0658. The molecule has 2 aliphatic rings. The Morgan fingerprint density at radius 3 is 2.59 bits per heavy atom. The summed E-state index contributed by atoms with van der Waals surface area (Å²) < 4.78 is 19.7. The molecule has 3 rings (SSSR count). The summed E-state index contributed by atoms with van der Waals surface area (Å²) in [5.41, 5.74) is 0.478. The predicted octanol–water partition coefficient (Wildman–Crippen LogP) is 2.96. The molecule has 2 heterocycles. The van der Waals surface area contributed by atoms with Crippen LogP contribution in [0.5, 0.6) is 0 Å². The van der Waals surface area contributed by atoms with Gasteiger partial charge in [0.25, 0.3) is 5.91 Å². The SMILES string of the molecule is COCCCN1CC2(CCC1=O)CCN(C(=O)[C@@H](F)c1ccccc1)CC2. The normalized spacial score (nSPS) is 20.7. The third kappa shape index (κ3) is 4.67. The Morgan fingerprint density at radius 1 is 1.22 bits per heavy atom. The smallest absolute Gasteiger partial charge is 0.261 e. The van der Waals surface area contributed by atoms with Crippen molar-refractivity contribution in [3.05, 3.63) is 35.9 Å². The lowest BCUT2D eigenvalue weighted by Gasteiger charge is -2.47. The molecule has 2 fully saturated rings. The maximum Gasteiger partial charge on any atom is 0.261 e. The van der Waals surface area contributed by atoms with Crippen LogP contribution in [0.15, 0.2) is 30.3 Å². The molecule has 1 spiro atoms. The summed E-state index contributed by atoms with van der Waals surface area (Å²) in [6.45, 7) is 3.24. The summed E-state index contributed by atoms with van der Waals surface area (Å²) in [5, 5.41) is 0. The van der Waals surface area contributed by atoms with Gasteiger partial charge in [-0.1, -0.05) is 30.3 Å². The number of hydrogen-bond donors (Lipinski definition) is 0. The number of carbonyl (C=O) groups excluding carboxylic acids is 2. The molecule has 0 N–H and O–H groups in total. The lowest BCUT2D eigenvalue weighted by molar-refractivity contribution is -0.145. The van der Waals surface area contributed by atoms with Crippen molar-refractivity contribution >= 4 is 11.8 Å². The van der Waals surface area contributed by atoms with Crippen LogP contribution in [-0.2, 0) is 14.3 Å². The van der Waals surface area contributed by atoms with Crippen molar-refractivity contribution in [1.82, 2.24) is 9.80 Å². The van der Waals surface area contributed by atoms with Crippen LogP contribution in [-0.4, -0.2) is 61.5 Å². The summed E-state index contributed by atoms with van der Waals surface area (Å²) in [6.07, 6.45) is 2.33. The lowest BCUT2D eigenvalue weighted by Crippen LogP contribution is -2.53. The van der Waals surface area contributed by atoms with E-state index in [4.69, 9.17) is 4.74 Å². The highest BCUT2D eigenvalue weighted by Gasteiger charge is 2.42. The summed E-state index contributed by atoms with van der Waals surface area (Å²) in [5.74, 6) is -0.233. The molecule has 2 aliphatic heterocycles. The van der Waals surface area contributed by atoms with E-state index in [1.54, 1.807) is 36.3 Å². The predicted molar refractivity (Wildman–Crippen MR) is 101 cm³/mol. The average Bonchev–Trinajstić information content (AvgIpc) is 2.71. The van der Waals surface area contributed by atoms with Crippen molar-refractivity contribution < 1.29 is 18.7 Å². The summed E-state index contributed by atoms with van der Waals surface area (Å²) in [7, 11) is 1.67. The Hall–Kier alpha value is -1.95. The van der Waals surface area contributed by atoms with Crippen LogP contribution in [0.25, 0.3) is 0 Å². The van der Waals surface area contributed by atoms with Gasteiger partial charge in [0.05, 0.1) is 0 Å². The first kappa shape index (κ1) is 19.8. The number of likely N-dealkylation sites (tertiary alicyclic amines) is 2. The number of piperidine rings is 2. The number of alkyl halides is 1. The highest BCUT2D eigenvalue weighted by molar-refractivity contribution is 5.82. The first-order valence-electron chi connectivity index (χ1n) is 9.79. The molecule has 5 nitrogen and oxygen atoms in total. The van der Waals surface area contributed by atoms with Crippen molar-refractivity contribution in [1.29, 1.82) is 0 Å². The fourth-order valence-electron chi connectivity index (χ4n) is 4.24. The van der Waals surface area contributed by atoms with Crippen LogP contribution in [0, 0.1) is 5.41 Å². The molecule has 6 heteroatoms. The topological polar surface area (TPSA) is 49.9 Å². The minimum atomic E-state index is -1.60. The summed E-state index contributed by atoms with van der Waals surface area (Å²) >= 11 is 0. The molecule has 148 valence electrons. The van der Waals surface area contributed by atoms with Crippen LogP contribution in [0.2, 0.25) is 0 Å². The van der Waals surface area contributed by atoms with Gasteiger partial charge in [0, 0.05) is 46.3 Å². The zero-order valence-corrected chi connectivity index (χ0v) is 16.0. The van der Waals surface area contributed by atoms with E-state index in [1.807, 2.05) is 11.0 Å². The number of rotatable bonds is 6. The van der Waals surface area contributed by atoms with Crippen molar-refractivity contribution in [3.63, 3.8) is 0 Å². The number of halogens is 1. The van der Waals surface area contributed by atoms with Gasteiger partial charge in [-0.2, -0.15) is 0 Å². The van der Waals surface area contributed by atoms with Crippen LogP contribution >= 0.6 is 0 Å². The van der Waals surface area contributed by atoms with E-state index in [0.717, 1.165) is 38.8 Å². The summed E-state index contributed by atoms with van der Waals surface area (Å²) in [4.78, 5) is 28.3. The monoisotopic (exact) mass is 376 g/mol. The quantitative estimate of drug-likeness (QED) is 0.717. The molecule has 1 aromatic carbocycles. The largest absolute Gasteiger partial charge is 0.385 e. The Morgan fingerprint density at radius 2 is 1.93 bits per heavy atom. The van der Waals surface area contributed by atoms with Gasteiger partial charge in [0.1, 0.15) is 0 Å². The highest BCUT2D eigenvalue weighted by atomic mass is 19.1. The molecule has 0 unspecified atom stereocenters. The Labute approximate surface area is 160 Å². The highest BCUT2D eigenvalue weighted by Crippen LogP contribution is 2.40. The van der Waals surface area contributed by atoms with Crippen molar-refractivity contribution in [2.75, 3.05) is 39.9 Å². The molecule has 0 radical (unpaired) electrons. The van der Waals surface area contributed by atoms with Gasteiger partial charge in [-0.25, -0.2) is 4.39 Å². The Balaban J connectivity index is 1.56. The van der Waals surface area contributed by atoms with Crippen LogP contribution in [0.1, 0.15) is 43.8 Å². The minimum Gasteiger partial charge on any atom is -0.385 e. The number of ether oxygens (including phenoxy) is 1. The lowest BCUT2D eigenvalue weighted by atomic mass is 9.72. The molecule has 0 aromatic heterocycles. The van der Waals surface area contributed by atoms with Gasteiger partial charge in [-0.05, 0) is 36.7 Å². The molecule has 1 aromatic rings. The fourth-order valence-corrected chi connectivity index (χ4v) is 4.24. The maximum absolute atomic E-state index is 14.6. The summed E-state index contributed by atoms with van der Waals surface area (Å²) in [6, 6.07) is 8.61. The number of benzene rings is 1. The second-order valence-electron chi connectivity index (χ2n) is 7.76. The van der Waals surface area contributed by atoms with Crippen molar-refractivity contribution in [3.8, 4) is 0 Å². The number of carbonyl (C=O) groups is 2. The van der Waals surface area contributed by atoms with Gasteiger partial charge in [-0.3, -0.25) is 9.59 Å². The second kappa shape index (κ2) is 8.83. The number of amides is 2. The van der Waals surface area contributed by atoms with Gasteiger partial charge in [0.2, 0.25) is 12.1 Å². The molecule has 1 atom stereocenters. The third-order valence-corrected chi connectivity index (χ3v) is 5.97. The van der Waals surface area contributed by atoms with E-state index in [2.05, 4.69) is 0 Å². The van der Waals surface area contributed by atoms with Crippen molar-refractivity contribution in [2.24, 2.45) is 5.41 Å². The van der Waals surface area contributed by atoms with Crippen LogP contribution < -0.4 is 0 Å². The first-order chi connectivity index (χ1) is 13.0. The molecule has 27 heavy (non-hydrogen) atoms. The van der Waals surface area contributed by atoms with E-state index in [0.29, 0.717) is 31.7 Å². The van der Waals surface area contributed by atoms with E-state index < -0.39 is 12.1 Å². The average molecular weight is 376 g/mol. The molecular weight excluding hydrogens is 347 g/mol. The number of methoxy groups -OCH3 is 1. The van der Waals surface area contributed by atoms with E-state index in [1.165, 1.54) is 0 Å². The fraction of sp³-hybridized carbons (Fsp3) is 0.619. The Kier molecular flexibility index (Phi) is 6.47. The first-order valence-corrected chi connectivity index (χ1v) is 9.79. The molecular formula is C21H29FN2O3. The van der Waals surface area contributed by atoms with Gasteiger partial charge < -0.3 is 14.5 Å². The van der Waals surface area contributed by atoms with E-state index in [9.17, 15) is 14.0 Å². The molecule has 2 amide bonds. The number of nitrogens with zero attached hydrogens (tertiary/aromatic N) is 2. The zero-order chi connectivity index (χ0) is 19.3. The zero-order valence-electron chi connectivity index (χ0n) is 16.0. The van der Waals surface area contributed by atoms with Crippen molar-refractivity contribution in [2.45, 2.75) is 38.3 Å². The Bertz CT molecular complexity index is 644. The number of hydrogen-bond acceptors (Lipinski definition) is 3. The maximum atomic E-state index is 14.6. The van der Waals surface area contributed by atoms with E-state index in [-0.39, 0.29) is 11.3 Å². The van der Waals surface area contributed by atoms with Crippen LogP contribution in [0.3, 0.4) is 0 Å². The second-order valence-corrected chi connectivity index (χ2v) is 7.76. The molecule has 0 bridgehead atoms. The molecule has 0 aliphatic carbocycles. The van der Waals surface area contributed by atoms with Gasteiger partial charge >= 0.3 is 0 Å².